The first-order chi connectivity index (χ1) is 10.9. The molecule has 11 heteroatoms. The van der Waals surface area contributed by atoms with Gasteiger partial charge in [-0.05, 0) is 18.2 Å². The third kappa shape index (κ3) is 5.11. The predicted octanol–water partition coefficient (Wildman–Crippen LogP) is 2.55. The third-order valence-corrected chi connectivity index (χ3v) is 2.86. The zero-order valence-electron chi connectivity index (χ0n) is 12.0. The number of methoxy groups -OCH3 is 1. The van der Waals surface area contributed by atoms with Crippen LogP contribution in [-0.2, 0) is 21.9 Å². The van der Waals surface area contributed by atoms with E-state index in [4.69, 9.17) is 5.11 Å². The monoisotopic (exact) mass is 359 g/mol. The zero-order valence-corrected chi connectivity index (χ0v) is 12.0. The normalized spacial score (nSPS) is 13.5. The Balaban J connectivity index is 3.13. The van der Waals surface area contributed by atoms with Crippen molar-refractivity contribution in [1.29, 1.82) is 0 Å². The predicted molar refractivity (Wildman–Crippen MR) is 67.2 cm³/mol. The number of carboxylic acid groups (broad SMARTS) is 1. The van der Waals surface area contributed by atoms with E-state index < -0.39 is 53.6 Å². The van der Waals surface area contributed by atoms with E-state index in [1.165, 1.54) is 0 Å². The minimum atomic E-state index is -5.09. The van der Waals surface area contributed by atoms with Crippen LogP contribution < -0.4 is 5.32 Å². The number of nitrogens with one attached hydrogen (secondary N) is 1. The summed E-state index contributed by atoms with van der Waals surface area (Å²) in [7, 11) is 1.01. The van der Waals surface area contributed by atoms with E-state index >= 15 is 0 Å². The van der Waals surface area contributed by atoms with Gasteiger partial charge in [-0.3, -0.25) is 4.79 Å². The van der Waals surface area contributed by atoms with E-state index in [2.05, 4.69) is 4.74 Å². The van der Waals surface area contributed by atoms with Gasteiger partial charge >= 0.3 is 18.3 Å². The molecule has 1 unspecified atom stereocenters. The molecular weight excluding hydrogens is 348 g/mol. The molecule has 0 saturated carbocycles. The van der Waals surface area contributed by atoms with Crippen molar-refractivity contribution in [1.82, 2.24) is 5.32 Å². The van der Waals surface area contributed by atoms with Crippen LogP contribution in [0.4, 0.5) is 26.3 Å². The highest BCUT2D eigenvalue weighted by Gasteiger charge is 2.37. The van der Waals surface area contributed by atoms with Gasteiger partial charge in [0, 0.05) is 12.7 Å². The van der Waals surface area contributed by atoms with Gasteiger partial charge in [-0.2, -0.15) is 26.3 Å². The van der Waals surface area contributed by atoms with Gasteiger partial charge in [0.15, 0.2) is 6.10 Å². The van der Waals surface area contributed by atoms with Crippen LogP contribution in [0.15, 0.2) is 18.2 Å². The first kappa shape index (κ1) is 19.7. The van der Waals surface area contributed by atoms with E-state index in [1.54, 1.807) is 0 Å². The van der Waals surface area contributed by atoms with Gasteiger partial charge in [0.25, 0.3) is 5.91 Å². The fourth-order valence-corrected chi connectivity index (χ4v) is 1.64. The number of hydrogen-bond donors (Lipinski definition) is 2. The van der Waals surface area contributed by atoms with Crippen molar-refractivity contribution in [2.24, 2.45) is 0 Å². The number of ether oxygens (including phenoxy) is 1. The van der Waals surface area contributed by atoms with Gasteiger partial charge in [0.2, 0.25) is 0 Å². The van der Waals surface area contributed by atoms with Gasteiger partial charge in [0.05, 0.1) is 17.7 Å². The Morgan fingerprint density at radius 1 is 1.08 bits per heavy atom. The topological polar surface area (TPSA) is 75.6 Å². The molecule has 1 amide bonds. The molecule has 24 heavy (non-hydrogen) atoms. The van der Waals surface area contributed by atoms with E-state index in [1.807, 2.05) is 5.32 Å². The van der Waals surface area contributed by atoms with E-state index in [0.717, 1.165) is 7.11 Å². The summed E-state index contributed by atoms with van der Waals surface area (Å²) in [5, 5.41) is 10.6. The van der Waals surface area contributed by atoms with Crippen LogP contribution in [0.3, 0.4) is 0 Å². The van der Waals surface area contributed by atoms with Crippen molar-refractivity contribution in [2.45, 2.75) is 18.5 Å². The average molecular weight is 359 g/mol. The van der Waals surface area contributed by atoms with E-state index in [9.17, 15) is 35.9 Å². The SMILES string of the molecule is COC(CNC(=O)c1cc(C(F)(F)F)cc(C(F)(F)F)c1)C(=O)O. The number of carbonyl (C=O) groups is 2. The number of rotatable bonds is 5. The fourth-order valence-electron chi connectivity index (χ4n) is 1.64. The minimum Gasteiger partial charge on any atom is -0.479 e. The number of benzene rings is 1. The fraction of sp³-hybridized carbons (Fsp3) is 0.385. The molecule has 2 N–H and O–H groups in total. The first-order valence-corrected chi connectivity index (χ1v) is 6.19. The number of alkyl halides is 6. The van der Waals surface area contributed by atoms with E-state index in [-0.39, 0.29) is 18.2 Å². The molecule has 0 saturated heterocycles. The van der Waals surface area contributed by atoms with Crippen molar-refractivity contribution in [3.8, 4) is 0 Å². The van der Waals surface area contributed by atoms with Crippen LogP contribution in [0.5, 0.6) is 0 Å². The summed E-state index contributed by atoms with van der Waals surface area (Å²) in [4.78, 5) is 22.4. The molecule has 1 aromatic carbocycles. The molecule has 0 radical (unpaired) electrons. The Hall–Kier alpha value is -2.30. The molecule has 1 aromatic rings. The van der Waals surface area contributed by atoms with Crippen molar-refractivity contribution >= 4 is 11.9 Å². The van der Waals surface area contributed by atoms with Crippen LogP contribution >= 0.6 is 0 Å². The molecule has 134 valence electrons. The maximum atomic E-state index is 12.7. The summed E-state index contributed by atoms with van der Waals surface area (Å²) in [5.74, 6) is -2.76. The Bertz CT molecular complexity index is 594. The summed E-state index contributed by atoms with van der Waals surface area (Å²) in [6, 6.07) is 0.367. The zero-order chi connectivity index (χ0) is 18.7. The summed E-state index contributed by atoms with van der Waals surface area (Å²) in [6.07, 6.45) is -11.7. The van der Waals surface area contributed by atoms with Gasteiger partial charge in [-0.25, -0.2) is 4.79 Å². The maximum absolute atomic E-state index is 12.7. The minimum absolute atomic E-state index is 0.119. The molecule has 0 bridgehead atoms. The molecule has 0 aliphatic rings. The Morgan fingerprint density at radius 3 is 1.88 bits per heavy atom. The second kappa shape index (κ2) is 7.07. The molecule has 1 atom stereocenters. The smallest absolute Gasteiger partial charge is 0.416 e. The number of carbonyl (C=O) groups excluding carboxylic acids is 1. The summed E-state index contributed by atoms with van der Waals surface area (Å²) in [6.45, 7) is -0.637. The molecule has 0 spiro atoms. The quantitative estimate of drug-likeness (QED) is 0.793. The van der Waals surface area contributed by atoms with E-state index in [0.29, 0.717) is 0 Å². The Kier molecular flexibility index (Phi) is 5.82. The van der Waals surface area contributed by atoms with Crippen molar-refractivity contribution in [3.63, 3.8) is 0 Å². The molecule has 0 aliphatic carbocycles. The largest absolute Gasteiger partial charge is 0.479 e. The lowest BCUT2D eigenvalue weighted by molar-refractivity contribution is -0.148. The standard InChI is InChI=1S/C13H11F6NO4/c1-24-9(11(22)23)5-20-10(21)6-2-7(12(14,15)16)4-8(3-6)13(17,18)19/h2-4,9H,5H2,1H3,(H,20,21)(H,22,23). The lowest BCUT2D eigenvalue weighted by atomic mass is 10.0. The second-order valence-corrected chi connectivity index (χ2v) is 4.57. The molecule has 0 aliphatic heterocycles. The summed E-state index contributed by atoms with van der Waals surface area (Å²) < 4.78 is 80.5. The molecule has 5 nitrogen and oxygen atoms in total. The lowest BCUT2D eigenvalue weighted by Crippen LogP contribution is -2.38. The summed E-state index contributed by atoms with van der Waals surface area (Å²) >= 11 is 0. The van der Waals surface area contributed by atoms with Crippen LogP contribution in [0.25, 0.3) is 0 Å². The molecular formula is C13H11F6NO4. The average Bonchev–Trinajstić information content (AvgIpc) is 2.45. The highest BCUT2D eigenvalue weighted by atomic mass is 19.4. The number of carboxylic acids is 1. The van der Waals surface area contributed by atoms with Crippen LogP contribution in [0.2, 0.25) is 0 Å². The van der Waals surface area contributed by atoms with Gasteiger partial charge in [-0.1, -0.05) is 0 Å². The van der Waals surface area contributed by atoms with Crippen LogP contribution in [0, 0.1) is 0 Å². The van der Waals surface area contributed by atoms with Crippen LogP contribution in [0.1, 0.15) is 21.5 Å². The molecule has 0 fully saturated rings. The molecule has 0 heterocycles. The maximum Gasteiger partial charge on any atom is 0.416 e. The second-order valence-electron chi connectivity index (χ2n) is 4.57. The summed E-state index contributed by atoms with van der Waals surface area (Å²) in [5.41, 5.74) is -4.20. The Labute approximate surface area is 131 Å². The highest BCUT2D eigenvalue weighted by molar-refractivity contribution is 5.95. The molecule has 1 rings (SSSR count). The van der Waals surface area contributed by atoms with Crippen molar-refractivity contribution in [2.75, 3.05) is 13.7 Å². The van der Waals surface area contributed by atoms with Crippen molar-refractivity contribution < 1.29 is 45.8 Å². The number of hydrogen-bond acceptors (Lipinski definition) is 3. The number of halogens is 6. The number of amides is 1. The highest BCUT2D eigenvalue weighted by Crippen LogP contribution is 2.36. The lowest BCUT2D eigenvalue weighted by Gasteiger charge is -2.15. The van der Waals surface area contributed by atoms with Crippen LogP contribution in [-0.4, -0.2) is 36.7 Å². The van der Waals surface area contributed by atoms with Gasteiger partial charge in [-0.15, -0.1) is 0 Å². The van der Waals surface area contributed by atoms with Crippen molar-refractivity contribution in [3.05, 3.63) is 34.9 Å². The first-order valence-electron chi connectivity index (χ1n) is 6.19. The number of aliphatic carboxylic acids is 1. The Morgan fingerprint density at radius 2 is 1.54 bits per heavy atom. The molecule has 0 aromatic heterocycles. The third-order valence-electron chi connectivity index (χ3n) is 2.86. The van der Waals surface area contributed by atoms with Gasteiger partial charge < -0.3 is 15.2 Å². The van der Waals surface area contributed by atoms with Gasteiger partial charge in [0.1, 0.15) is 0 Å².